The highest BCUT2D eigenvalue weighted by atomic mass is 32.0. The van der Waals surface area contributed by atoms with Crippen LogP contribution in [0, 0.1) is 0 Å². The minimum Gasteiger partial charge on any atom is -0.233 e. The van der Waals surface area contributed by atoms with E-state index >= 15 is 0 Å². The maximum Gasteiger partial charge on any atom is 0.0825 e. The minimum atomic E-state index is 0.576. The molecule has 0 amide bonds. The fraction of sp³-hybridized carbons (Fsp3) is 1.00. The average molecular weight is 264 g/mol. The Balaban J connectivity index is 2.00. The normalized spacial score (nSPS) is 27.0. The van der Waals surface area contributed by atoms with Crippen LogP contribution in [0.3, 0.4) is 0 Å². The molecule has 1 fully saturated rings. The summed E-state index contributed by atoms with van der Waals surface area (Å²) in [6, 6.07) is 0. The van der Waals surface area contributed by atoms with Crippen molar-refractivity contribution in [1.29, 1.82) is 0 Å². The van der Waals surface area contributed by atoms with Crippen LogP contribution in [0.5, 0.6) is 0 Å². The summed E-state index contributed by atoms with van der Waals surface area (Å²) in [6.07, 6.45) is 15.1. The molecule has 0 spiro atoms. The molecular formula is C12H26O2P2. The highest BCUT2D eigenvalue weighted by Crippen LogP contribution is 2.38. The maximum atomic E-state index is 5.17. The first kappa shape index (κ1) is 14.8. The van der Waals surface area contributed by atoms with E-state index in [9.17, 15) is 0 Å². The molecule has 2 nitrogen and oxygen atoms in total. The van der Waals surface area contributed by atoms with Crippen LogP contribution in [0.15, 0.2) is 0 Å². The lowest BCUT2D eigenvalue weighted by atomic mass is 10.1. The van der Waals surface area contributed by atoms with Gasteiger partial charge in [0.05, 0.1) is 15.1 Å². The molecule has 16 heavy (non-hydrogen) atoms. The summed E-state index contributed by atoms with van der Waals surface area (Å²) in [7, 11) is 1.53. The van der Waals surface area contributed by atoms with Gasteiger partial charge in [-0.15, -0.1) is 0 Å². The van der Waals surface area contributed by atoms with E-state index in [4.69, 9.17) is 9.56 Å². The van der Waals surface area contributed by atoms with E-state index in [-0.39, 0.29) is 0 Å². The molecule has 1 heterocycles. The second-order valence-corrected chi connectivity index (χ2v) is 7.37. The summed E-state index contributed by atoms with van der Waals surface area (Å²) in [4.78, 5) is 5.15. The van der Waals surface area contributed by atoms with Crippen molar-refractivity contribution in [3.8, 4) is 0 Å². The summed E-state index contributed by atoms with van der Waals surface area (Å²) in [5, 5.41) is 0. The van der Waals surface area contributed by atoms with Gasteiger partial charge in [0.2, 0.25) is 0 Å². The van der Waals surface area contributed by atoms with Crippen LogP contribution in [-0.4, -0.2) is 12.8 Å². The number of rotatable bonds is 0. The molecule has 0 bridgehead atoms. The lowest BCUT2D eigenvalue weighted by Gasteiger charge is -2.06. The van der Waals surface area contributed by atoms with Gasteiger partial charge in [-0.25, -0.2) is 9.56 Å². The standard InChI is InChI=1S/C12H26O2P2/c1-2-4-6-8-10-12-15-16-14-13-11-9-7-5-3-1/h15-16H,1-12H2. The molecule has 0 aliphatic carbocycles. The van der Waals surface area contributed by atoms with Crippen molar-refractivity contribution >= 4 is 16.8 Å². The third kappa shape index (κ3) is 9.97. The first-order valence-electron chi connectivity index (χ1n) is 6.76. The zero-order valence-corrected chi connectivity index (χ0v) is 12.3. The highest BCUT2D eigenvalue weighted by Gasteiger charge is 1.96. The molecule has 1 saturated heterocycles. The van der Waals surface area contributed by atoms with Crippen molar-refractivity contribution in [3.05, 3.63) is 0 Å². The smallest absolute Gasteiger partial charge is 0.0825 e. The zero-order chi connectivity index (χ0) is 11.3. The van der Waals surface area contributed by atoms with Gasteiger partial charge in [-0.05, 0) is 19.0 Å². The largest absolute Gasteiger partial charge is 0.233 e. The van der Waals surface area contributed by atoms with E-state index in [2.05, 4.69) is 0 Å². The van der Waals surface area contributed by atoms with Gasteiger partial charge in [-0.1, -0.05) is 59.6 Å². The quantitative estimate of drug-likeness (QED) is 0.451. The van der Waals surface area contributed by atoms with Crippen molar-refractivity contribution in [3.63, 3.8) is 0 Å². The molecule has 0 aromatic carbocycles. The molecule has 1 rings (SSSR count). The maximum absolute atomic E-state index is 5.17. The van der Waals surface area contributed by atoms with E-state index in [1.165, 1.54) is 63.9 Å². The molecule has 0 radical (unpaired) electrons. The Bertz CT molecular complexity index is 81.0. The summed E-state index contributed by atoms with van der Waals surface area (Å²) in [5.74, 6) is 0. The molecule has 0 aromatic heterocycles. The molecule has 4 heteroatoms. The first-order valence-corrected chi connectivity index (χ1v) is 9.88. The SMILES string of the molecule is C1CCCCCCPPOOCCCCC1. The van der Waals surface area contributed by atoms with Crippen LogP contribution >= 0.6 is 16.8 Å². The molecule has 96 valence electrons. The molecule has 1 aliphatic heterocycles. The second kappa shape index (κ2) is 12.2. The fourth-order valence-electron chi connectivity index (χ4n) is 1.94. The molecule has 1 aliphatic rings. The Morgan fingerprint density at radius 1 is 0.625 bits per heavy atom. The van der Waals surface area contributed by atoms with Crippen LogP contribution in [0.25, 0.3) is 0 Å². The number of hydrogen-bond donors (Lipinski definition) is 0. The van der Waals surface area contributed by atoms with Crippen LogP contribution < -0.4 is 0 Å². The molecule has 0 saturated carbocycles. The molecule has 2 unspecified atom stereocenters. The predicted octanol–water partition coefficient (Wildman–Crippen LogP) is 5.04. The molecule has 0 N–H and O–H groups in total. The van der Waals surface area contributed by atoms with Crippen molar-refractivity contribution < 1.29 is 9.56 Å². The van der Waals surface area contributed by atoms with Crippen LogP contribution in [0.1, 0.15) is 64.2 Å². The van der Waals surface area contributed by atoms with Crippen molar-refractivity contribution in [2.24, 2.45) is 0 Å². The lowest BCUT2D eigenvalue weighted by Crippen LogP contribution is -1.91. The van der Waals surface area contributed by atoms with E-state index in [0.29, 0.717) is 8.50 Å². The van der Waals surface area contributed by atoms with Crippen molar-refractivity contribution in [2.75, 3.05) is 12.8 Å². The van der Waals surface area contributed by atoms with Crippen LogP contribution in [-0.2, 0) is 9.56 Å². The Hall–Kier alpha value is 0.780. The third-order valence-corrected chi connectivity index (χ3v) is 5.33. The van der Waals surface area contributed by atoms with Gasteiger partial charge >= 0.3 is 0 Å². The van der Waals surface area contributed by atoms with E-state index < -0.39 is 0 Å². The topological polar surface area (TPSA) is 18.5 Å². The molecular weight excluding hydrogens is 238 g/mol. The number of hydrogen-bond acceptors (Lipinski definition) is 2. The summed E-state index contributed by atoms with van der Waals surface area (Å²) in [5.41, 5.74) is 0. The van der Waals surface area contributed by atoms with Gasteiger partial charge in [-0.3, -0.25) is 0 Å². The Morgan fingerprint density at radius 2 is 1.19 bits per heavy atom. The van der Waals surface area contributed by atoms with Gasteiger partial charge < -0.3 is 0 Å². The zero-order valence-electron chi connectivity index (χ0n) is 10.3. The van der Waals surface area contributed by atoms with E-state index in [0.717, 1.165) is 21.3 Å². The van der Waals surface area contributed by atoms with Crippen LogP contribution in [0.4, 0.5) is 0 Å². The Labute approximate surface area is 104 Å². The van der Waals surface area contributed by atoms with Crippen molar-refractivity contribution in [2.45, 2.75) is 64.2 Å². The summed E-state index contributed by atoms with van der Waals surface area (Å²) >= 11 is 0. The predicted molar refractivity (Wildman–Crippen MR) is 74.7 cm³/mol. The lowest BCUT2D eigenvalue weighted by molar-refractivity contribution is -0.194. The molecule has 0 aromatic rings. The van der Waals surface area contributed by atoms with E-state index in [1.54, 1.807) is 0 Å². The average Bonchev–Trinajstić information content (AvgIpc) is 2.29. The van der Waals surface area contributed by atoms with Gasteiger partial charge in [0.15, 0.2) is 0 Å². The summed E-state index contributed by atoms with van der Waals surface area (Å²) < 4.78 is 5.17. The fourth-order valence-corrected chi connectivity index (χ4v) is 3.86. The molecule has 2 atom stereocenters. The van der Waals surface area contributed by atoms with Gasteiger partial charge in [0.1, 0.15) is 0 Å². The third-order valence-electron chi connectivity index (χ3n) is 2.95. The van der Waals surface area contributed by atoms with Gasteiger partial charge in [0, 0.05) is 0 Å². The first-order chi connectivity index (χ1) is 8.00. The van der Waals surface area contributed by atoms with E-state index in [1.807, 2.05) is 0 Å². The van der Waals surface area contributed by atoms with Gasteiger partial charge in [-0.2, -0.15) is 0 Å². The van der Waals surface area contributed by atoms with Gasteiger partial charge in [0.25, 0.3) is 0 Å². The Kier molecular flexibility index (Phi) is 11.4. The second-order valence-electron chi connectivity index (χ2n) is 4.47. The minimum absolute atomic E-state index is 0.576. The Morgan fingerprint density at radius 3 is 1.88 bits per heavy atom. The monoisotopic (exact) mass is 264 g/mol. The highest BCUT2D eigenvalue weighted by molar-refractivity contribution is 8.09. The van der Waals surface area contributed by atoms with Crippen molar-refractivity contribution in [1.82, 2.24) is 0 Å². The summed E-state index contributed by atoms with van der Waals surface area (Å²) in [6.45, 7) is 0.789. The van der Waals surface area contributed by atoms with Crippen LogP contribution in [0.2, 0.25) is 0 Å².